The van der Waals surface area contributed by atoms with Crippen LogP contribution >= 0.6 is 11.3 Å². The summed E-state index contributed by atoms with van der Waals surface area (Å²) in [5.74, 6) is -1.28. The first-order valence-corrected chi connectivity index (χ1v) is 13.3. The van der Waals surface area contributed by atoms with E-state index < -0.39 is 29.5 Å². The first kappa shape index (κ1) is 27.7. The molecule has 2 aliphatic rings. The maximum absolute atomic E-state index is 13.6. The number of aryl methyl sites for hydroxylation is 1. The van der Waals surface area contributed by atoms with E-state index in [4.69, 9.17) is 23.7 Å². The molecule has 3 heterocycles. The summed E-state index contributed by atoms with van der Waals surface area (Å²) in [5, 5.41) is 11.6. The van der Waals surface area contributed by atoms with Crippen molar-refractivity contribution in [3.8, 4) is 23.0 Å². The predicted molar refractivity (Wildman–Crippen MR) is 149 cm³/mol. The number of carbonyl (C=O) groups is 3. The van der Waals surface area contributed by atoms with Gasteiger partial charge in [0.2, 0.25) is 0 Å². The van der Waals surface area contributed by atoms with E-state index in [1.165, 1.54) is 20.3 Å². The Morgan fingerprint density at radius 1 is 1.15 bits per heavy atom. The summed E-state index contributed by atoms with van der Waals surface area (Å²) in [6.45, 7) is 5.84. The van der Waals surface area contributed by atoms with E-state index in [1.807, 2.05) is 0 Å². The lowest BCUT2D eigenvalue weighted by molar-refractivity contribution is -0.132. The van der Waals surface area contributed by atoms with Gasteiger partial charge in [0, 0.05) is 17.2 Å². The minimum Gasteiger partial charge on any atom is -0.507 e. The van der Waals surface area contributed by atoms with Gasteiger partial charge in [0.15, 0.2) is 16.6 Å². The molecule has 11 nitrogen and oxygen atoms in total. The summed E-state index contributed by atoms with van der Waals surface area (Å²) < 4.78 is 27.3. The minimum atomic E-state index is -1.16. The number of aromatic nitrogens is 1. The number of hydrogen-bond acceptors (Lipinski definition) is 11. The lowest BCUT2D eigenvalue weighted by atomic mass is 9.94. The largest absolute Gasteiger partial charge is 0.507 e. The molecule has 12 heteroatoms. The molecule has 0 spiro atoms. The van der Waals surface area contributed by atoms with E-state index in [0.29, 0.717) is 47.5 Å². The summed E-state index contributed by atoms with van der Waals surface area (Å²) in [4.78, 5) is 45.6. The van der Waals surface area contributed by atoms with Gasteiger partial charge in [-0.1, -0.05) is 24.0 Å². The van der Waals surface area contributed by atoms with Gasteiger partial charge >= 0.3 is 11.9 Å². The minimum absolute atomic E-state index is 0.00536. The highest BCUT2D eigenvalue weighted by molar-refractivity contribution is 7.17. The Balaban J connectivity index is 1.69. The topological polar surface area (TPSA) is 134 Å². The van der Waals surface area contributed by atoms with Crippen molar-refractivity contribution in [1.82, 2.24) is 4.98 Å². The van der Waals surface area contributed by atoms with E-state index in [2.05, 4.69) is 11.6 Å². The van der Waals surface area contributed by atoms with Crippen LogP contribution in [0.25, 0.3) is 5.76 Å². The highest BCUT2D eigenvalue weighted by Gasteiger charge is 2.49. The number of fused-ring (bicyclic) bond motifs is 1. The summed E-state index contributed by atoms with van der Waals surface area (Å²) in [7, 11) is 2.93. The van der Waals surface area contributed by atoms with Crippen molar-refractivity contribution in [2.75, 3.05) is 38.9 Å². The molecular weight excluding hydrogens is 552 g/mol. The van der Waals surface area contributed by atoms with Crippen molar-refractivity contribution < 1.29 is 43.2 Å². The second kappa shape index (κ2) is 11.3. The summed E-state index contributed by atoms with van der Waals surface area (Å²) in [6, 6.07) is 8.46. The molecule has 2 aromatic carbocycles. The van der Waals surface area contributed by atoms with Crippen LogP contribution in [0.2, 0.25) is 0 Å². The van der Waals surface area contributed by atoms with Crippen molar-refractivity contribution in [1.29, 1.82) is 0 Å². The average molecular weight is 579 g/mol. The lowest BCUT2D eigenvalue weighted by Crippen LogP contribution is -2.29. The van der Waals surface area contributed by atoms with Crippen LogP contribution in [0.5, 0.6) is 23.0 Å². The molecule has 1 N–H and O–H groups in total. The number of anilines is 1. The number of ether oxygens (including phenoxy) is 5. The van der Waals surface area contributed by atoms with Crippen LogP contribution in [-0.4, -0.2) is 61.8 Å². The molecule has 1 saturated heterocycles. The Kier molecular flexibility index (Phi) is 7.66. The van der Waals surface area contributed by atoms with E-state index in [1.54, 1.807) is 43.3 Å². The molecule has 1 amide bonds. The number of aliphatic hydroxyl groups excluding tert-OH is 1. The standard InChI is InChI=1S/C29H26N2O9S/c1-5-10-40-28(35)26-15(2)30-29(41-26)31-23(18-8-7-17(36-3)14-20(18)37-4)22(25(33)27(31)34)24(32)16-6-9-19-21(13-16)39-12-11-38-19/h5-9,13-14,23,32H,1,10-12H2,2-4H3/b24-22+. The molecule has 5 rings (SSSR count). The van der Waals surface area contributed by atoms with Crippen molar-refractivity contribution in [3.63, 3.8) is 0 Å². The van der Waals surface area contributed by atoms with E-state index in [9.17, 15) is 19.5 Å². The Morgan fingerprint density at radius 2 is 1.90 bits per heavy atom. The van der Waals surface area contributed by atoms with Gasteiger partial charge < -0.3 is 28.8 Å². The van der Waals surface area contributed by atoms with Crippen LogP contribution in [0.4, 0.5) is 5.13 Å². The molecule has 3 aromatic rings. The molecule has 1 atom stereocenters. The van der Waals surface area contributed by atoms with Gasteiger partial charge in [0.05, 0.1) is 25.5 Å². The number of ketones is 1. The van der Waals surface area contributed by atoms with Gasteiger partial charge in [0.25, 0.3) is 5.78 Å². The highest BCUT2D eigenvalue weighted by atomic mass is 32.1. The number of esters is 1. The Morgan fingerprint density at radius 3 is 2.61 bits per heavy atom. The van der Waals surface area contributed by atoms with Crippen molar-refractivity contribution in [2.45, 2.75) is 13.0 Å². The Hall–Kier alpha value is -4.84. The smallest absolute Gasteiger partial charge is 0.350 e. The van der Waals surface area contributed by atoms with Gasteiger partial charge in [-0.15, -0.1) is 0 Å². The predicted octanol–water partition coefficient (Wildman–Crippen LogP) is 4.21. The number of hydrogen-bond donors (Lipinski definition) is 1. The molecule has 1 aromatic heterocycles. The second-order valence-electron chi connectivity index (χ2n) is 8.93. The third-order valence-electron chi connectivity index (χ3n) is 6.50. The first-order chi connectivity index (χ1) is 19.8. The molecule has 1 fully saturated rings. The molecule has 0 saturated carbocycles. The molecule has 1 unspecified atom stereocenters. The van der Waals surface area contributed by atoms with Crippen LogP contribution in [0.1, 0.15) is 32.5 Å². The zero-order chi connectivity index (χ0) is 29.3. The lowest BCUT2D eigenvalue weighted by Gasteiger charge is -2.25. The first-order valence-electron chi connectivity index (χ1n) is 12.5. The average Bonchev–Trinajstić information content (AvgIpc) is 3.50. The number of thiazole rings is 1. The van der Waals surface area contributed by atoms with Crippen LogP contribution in [0, 0.1) is 6.92 Å². The number of carbonyl (C=O) groups excluding carboxylic acids is 3. The van der Waals surface area contributed by atoms with Crippen molar-refractivity contribution in [3.05, 3.63) is 76.3 Å². The summed E-state index contributed by atoms with van der Waals surface area (Å²) >= 11 is 0.895. The number of Topliss-reactive ketones (excluding diaryl/α,β-unsaturated/α-hetero) is 1. The fourth-order valence-corrected chi connectivity index (χ4v) is 5.58. The number of rotatable bonds is 8. The maximum Gasteiger partial charge on any atom is 0.350 e. The maximum atomic E-state index is 13.6. The van der Waals surface area contributed by atoms with E-state index >= 15 is 0 Å². The van der Waals surface area contributed by atoms with Gasteiger partial charge in [0.1, 0.15) is 48.0 Å². The zero-order valence-corrected chi connectivity index (χ0v) is 23.3. The zero-order valence-electron chi connectivity index (χ0n) is 22.5. The monoisotopic (exact) mass is 578 g/mol. The van der Waals surface area contributed by atoms with Gasteiger partial charge in [-0.25, -0.2) is 9.78 Å². The van der Waals surface area contributed by atoms with Crippen LogP contribution < -0.4 is 23.8 Å². The summed E-state index contributed by atoms with van der Waals surface area (Å²) in [5.41, 5.74) is 0.746. The molecule has 0 bridgehead atoms. The van der Waals surface area contributed by atoms with Gasteiger partial charge in [-0.2, -0.15) is 0 Å². The molecule has 0 aliphatic carbocycles. The number of methoxy groups -OCH3 is 2. The third-order valence-corrected chi connectivity index (χ3v) is 7.64. The number of aliphatic hydroxyl groups is 1. The van der Waals surface area contributed by atoms with Crippen LogP contribution in [0.3, 0.4) is 0 Å². The van der Waals surface area contributed by atoms with Gasteiger partial charge in [-0.05, 0) is 37.3 Å². The molecule has 212 valence electrons. The van der Waals surface area contributed by atoms with Crippen molar-refractivity contribution in [2.24, 2.45) is 0 Å². The highest BCUT2D eigenvalue weighted by Crippen LogP contribution is 2.47. The van der Waals surface area contributed by atoms with E-state index in [0.717, 1.165) is 16.2 Å². The van der Waals surface area contributed by atoms with E-state index in [-0.39, 0.29) is 27.8 Å². The normalized spacial score (nSPS) is 17.3. The van der Waals surface area contributed by atoms with Crippen LogP contribution in [0.15, 0.2) is 54.6 Å². The molecular formula is C29H26N2O9S. The molecule has 41 heavy (non-hydrogen) atoms. The van der Waals surface area contributed by atoms with Crippen LogP contribution in [-0.2, 0) is 14.3 Å². The van der Waals surface area contributed by atoms with Crippen molar-refractivity contribution >= 4 is 39.9 Å². The fraction of sp³-hybridized carbons (Fsp3) is 0.241. The fourth-order valence-electron chi connectivity index (χ4n) is 4.59. The number of nitrogens with zero attached hydrogens (tertiary/aromatic N) is 2. The Bertz CT molecular complexity index is 1590. The van der Waals surface area contributed by atoms with Gasteiger partial charge in [-0.3, -0.25) is 14.5 Å². The SMILES string of the molecule is C=CCOC(=O)c1sc(N2C(=O)C(=O)/C(=C(/O)c3ccc4c(c3)OCCO4)C2c2ccc(OC)cc2OC)nc1C. The molecule has 2 aliphatic heterocycles. The number of benzene rings is 2. The molecule has 0 radical (unpaired) electrons. The third kappa shape index (κ3) is 4.97. The quantitative estimate of drug-likeness (QED) is 0.136. The Labute approximate surface area is 239 Å². The summed E-state index contributed by atoms with van der Waals surface area (Å²) in [6.07, 6.45) is 1.43. The second-order valence-corrected chi connectivity index (χ2v) is 9.91. The number of amides is 1.